The number of hydrogen-bond donors (Lipinski definition) is 0. The molecule has 0 N–H and O–H groups in total. The lowest BCUT2D eigenvalue weighted by Gasteiger charge is -2.38. The van der Waals surface area contributed by atoms with Gasteiger partial charge in [0.15, 0.2) is 0 Å². The topological polar surface area (TPSA) is 53.1 Å². The van der Waals surface area contributed by atoms with E-state index in [0.29, 0.717) is 64.8 Å². The minimum absolute atomic E-state index is 0.0793. The van der Waals surface area contributed by atoms with Gasteiger partial charge >= 0.3 is 6.03 Å². The highest BCUT2D eigenvalue weighted by Crippen LogP contribution is 2.16. The van der Waals surface area contributed by atoms with Crippen LogP contribution in [0.3, 0.4) is 0 Å². The van der Waals surface area contributed by atoms with Gasteiger partial charge in [-0.3, -0.25) is 4.79 Å². The Kier molecular flexibility index (Phi) is 6.72. The molecule has 6 heteroatoms. The van der Waals surface area contributed by atoms with Crippen molar-refractivity contribution in [2.75, 3.05) is 52.5 Å². The van der Waals surface area contributed by atoms with Crippen LogP contribution in [0.4, 0.5) is 4.79 Å². The number of piperazine rings is 1. The summed E-state index contributed by atoms with van der Waals surface area (Å²) in [6, 6.07) is 8.64. The Morgan fingerprint density at radius 1 is 0.889 bits per heavy atom. The summed E-state index contributed by atoms with van der Waals surface area (Å²) in [4.78, 5) is 30.6. The molecule has 2 fully saturated rings. The third-order valence-corrected chi connectivity index (χ3v) is 5.46. The Morgan fingerprint density at radius 2 is 1.44 bits per heavy atom. The van der Waals surface area contributed by atoms with Gasteiger partial charge in [0, 0.05) is 45.7 Å². The monoisotopic (exact) mass is 373 g/mol. The number of benzene rings is 1. The summed E-state index contributed by atoms with van der Waals surface area (Å²) < 4.78 is 5.30. The zero-order valence-electron chi connectivity index (χ0n) is 16.5. The summed E-state index contributed by atoms with van der Waals surface area (Å²) in [5.74, 6) is 0.707. The van der Waals surface area contributed by atoms with Crippen LogP contribution in [0.5, 0.6) is 0 Å². The zero-order valence-corrected chi connectivity index (χ0v) is 16.5. The van der Waals surface area contributed by atoms with Gasteiger partial charge in [-0.15, -0.1) is 0 Å². The maximum absolute atomic E-state index is 12.5. The van der Waals surface area contributed by atoms with E-state index in [1.807, 2.05) is 14.7 Å². The van der Waals surface area contributed by atoms with Crippen LogP contribution < -0.4 is 0 Å². The number of amides is 3. The van der Waals surface area contributed by atoms with Gasteiger partial charge in [0.1, 0.15) is 0 Å². The number of carbonyl (C=O) groups is 2. The summed E-state index contributed by atoms with van der Waals surface area (Å²) in [5.41, 5.74) is 2.53. The molecule has 148 valence electrons. The molecule has 6 nitrogen and oxygen atoms in total. The van der Waals surface area contributed by atoms with E-state index in [1.54, 1.807) is 0 Å². The molecule has 3 amide bonds. The number of ether oxygens (including phenoxy) is 1. The molecule has 0 aliphatic carbocycles. The summed E-state index contributed by atoms with van der Waals surface area (Å²) in [6.45, 7) is 9.40. The summed E-state index contributed by atoms with van der Waals surface area (Å²) in [7, 11) is 0. The van der Waals surface area contributed by atoms with E-state index >= 15 is 0 Å². The molecule has 1 aromatic carbocycles. The van der Waals surface area contributed by atoms with Crippen molar-refractivity contribution < 1.29 is 14.3 Å². The van der Waals surface area contributed by atoms with Crippen molar-refractivity contribution in [3.05, 3.63) is 35.4 Å². The number of carbonyl (C=O) groups excluding carboxylic acids is 2. The van der Waals surface area contributed by atoms with Crippen molar-refractivity contribution in [2.24, 2.45) is 0 Å². The Hall–Kier alpha value is -2.08. The quantitative estimate of drug-likeness (QED) is 0.814. The van der Waals surface area contributed by atoms with Gasteiger partial charge in [0.05, 0.1) is 13.2 Å². The summed E-state index contributed by atoms with van der Waals surface area (Å²) >= 11 is 0. The molecule has 2 aliphatic heterocycles. The van der Waals surface area contributed by atoms with Crippen molar-refractivity contribution >= 4 is 11.9 Å². The van der Waals surface area contributed by atoms with E-state index in [0.717, 1.165) is 6.42 Å². The molecule has 2 saturated heterocycles. The van der Waals surface area contributed by atoms with E-state index in [2.05, 4.69) is 38.1 Å². The number of urea groups is 1. The lowest BCUT2D eigenvalue weighted by atomic mass is 10.00. The van der Waals surface area contributed by atoms with Crippen LogP contribution in [-0.2, 0) is 16.0 Å². The number of aryl methyl sites for hydroxylation is 1. The molecular weight excluding hydrogens is 342 g/mol. The van der Waals surface area contributed by atoms with E-state index in [-0.39, 0.29) is 11.9 Å². The maximum atomic E-state index is 12.5. The van der Waals surface area contributed by atoms with Crippen LogP contribution in [0, 0.1) is 0 Å². The molecule has 0 spiro atoms. The number of rotatable bonds is 4. The van der Waals surface area contributed by atoms with Crippen molar-refractivity contribution in [1.82, 2.24) is 14.7 Å². The van der Waals surface area contributed by atoms with E-state index in [1.165, 1.54) is 11.1 Å². The van der Waals surface area contributed by atoms with Crippen LogP contribution >= 0.6 is 0 Å². The van der Waals surface area contributed by atoms with E-state index in [4.69, 9.17) is 4.74 Å². The minimum atomic E-state index is 0.0793. The second-order valence-corrected chi connectivity index (χ2v) is 7.65. The van der Waals surface area contributed by atoms with Crippen LogP contribution in [-0.4, -0.2) is 79.1 Å². The summed E-state index contributed by atoms with van der Waals surface area (Å²) in [6.07, 6.45) is 1.29. The molecule has 0 radical (unpaired) electrons. The first-order valence-corrected chi connectivity index (χ1v) is 10.0. The van der Waals surface area contributed by atoms with Crippen molar-refractivity contribution in [1.29, 1.82) is 0 Å². The second kappa shape index (κ2) is 9.22. The van der Waals surface area contributed by atoms with Gasteiger partial charge in [-0.2, -0.15) is 0 Å². The van der Waals surface area contributed by atoms with Crippen molar-refractivity contribution in [3.63, 3.8) is 0 Å². The maximum Gasteiger partial charge on any atom is 0.320 e. The first-order chi connectivity index (χ1) is 13.0. The average molecular weight is 373 g/mol. The predicted molar refractivity (Wildman–Crippen MR) is 105 cm³/mol. The molecular formula is C21H31N3O3. The Balaban J connectivity index is 1.42. The van der Waals surface area contributed by atoms with Gasteiger partial charge in [0.2, 0.25) is 5.91 Å². The molecule has 2 heterocycles. The number of morpholine rings is 1. The van der Waals surface area contributed by atoms with Crippen LogP contribution in [0.2, 0.25) is 0 Å². The fraction of sp³-hybridized carbons (Fsp3) is 0.619. The zero-order chi connectivity index (χ0) is 19.2. The van der Waals surface area contributed by atoms with Gasteiger partial charge < -0.3 is 19.4 Å². The first kappa shape index (κ1) is 19.7. The largest absolute Gasteiger partial charge is 0.378 e. The third-order valence-electron chi connectivity index (χ3n) is 5.46. The predicted octanol–water partition coefficient (Wildman–Crippen LogP) is 2.34. The molecule has 0 aromatic heterocycles. The molecule has 0 bridgehead atoms. The van der Waals surface area contributed by atoms with Crippen LogP contribution in [0.1, 0.15) is 37.3 Å². The molecule has 27 heavy (non-hydrogen) atoms. The summed E-state index contributed by atoms with van der Waals surface area (Å²) in [5, 5.41) is 0. The highest BCUT2D eigenvalue weighted by Gasteiger charge is 2.27. The van der Waals surface area contributed by atoms with E-state index in [9.17, 15) is 9.59 Å². The number of nitrogens with zero attached hydrogens (tertiary/aromatic N) is 3. The standard InChI is InChI=1S/C21H31N3O3/c1-17(2)19-6-3-18(4-7-19)5-8-20(25)22-9-11-23(12-10-22)21(26)24-13-15-27-16-14-24/h3-4,6-7,17H,5,8-16H2,1-2H3. The van der Waals surface area contributed by atoms with Gasteiger partial charge in [-0.05, 0) is 23.5 Å². The molecule has 0 atom stereocenters. The fourth-order valence-electron chi connectivity index (χ4n) is 3.58. The van der Waals surface area contributed by atoms with Crippen molar-refractivity contribution in [3.8, 4) is 0 Å². The van der Waals surface area contributed by atoms with Gasteiger partial charge in [0.25, 0.3) is 0 Å². The smallest absolute Gasteiger partial charge is 0.320 e. The highest BCUT2D eigenvalue weighted by atomic mass is 16.5. The normalized spacial score (nSPS) is 18.1. The molecule has 0 unspecified atom stereocenters. The van der Waals surface area contributed by atoms with Gasteiger partial charge in [-0.1, -0.05) is 38.1 Å². The molecule has 2 aliphatic rings. The Labute approximate surface area is 162 Å². The fourth-order valence-corrected chi connectivity index (χ4v) is 3.58. The minimum Gasteiger partial charge on any atom is -0.378 e. The third kappa shape index (κ3) is 5.22. The van der Waals surface area contributed by atoms with E-state index < -0.39 is 0 Å². The van der Waals surface area contributed by atoms with Crippen LogP contribution in [0.15, 0.2) is 24.3 Å². The highest BCUT2D eigenvalue weighted by molar-refractivity contribution is 5.78. The first-order valence-electron chi connectivity index (χ1n) is 10.0. The number of hydrogen-bond acceptors (Lipinski definition) is 3. The molecule has 1 aromatic rings. The van der Waals surface area contributed by atoms with Gasteiger partial charge in [-0.25, -0.2) is 4.79 Å². The van der Waals surface area contributed by atoms with Crippen LogP contribution in [0.25, 0.3) is 0 Å². The molecule has 3 rings (SSSR count). The average Bonchev–Trinajstić information content (AvgIpc) is 2.72. The lowest BCUT2D eigenvalue weighted by molar-refractivity contribution is -0.132. The van der Waals surface area contributed by atoms with Crippen molar-refractivity contribution in [2.45, 2.75) is 32.6 Å². The molecule has 0 saturated carbocycles. The Morgan fingerprint density at radius 3 is 2.04 bits per heavy atom. The Bertz CT molecular complexity index is 631. The lowest BCUT2D eigenvalue weighted by Crippen LogP contribution is -2.55. The second-order valence-electron chi connectivity index (χ2n) is 7.65. The SMILES string of the molecule is CC(C)c1ccc(CCC(=O)N2CCN(C(=O)N3CCOCC3)CC2)cc1.